The van der Waals surface area contributed by atoms with E-state index in [-0.39, 0.29) is 13.0 Å². The summed E-state index contributed by atoms with van der Waals surface area (Å²) in [6.07, 6.45) is 2.18. The van der Waals surface area contributed by atoms with Gasteiger partial charge in [0, 0.05) is 18.6 Å². The Morgan fingerprint density at radius 2 is 2.08 bits per heavy atom. The molecular formula is C18H25NO6. The first-order chi connectivity index (χ1) is 12.0. The number of carboxylic acids is 1. The van der Waals surface area contributed by atoms with E-state index in [0.29, 0.717) is 36.9 Å². The van der Waals surface area contributed by atoms with Gasteiger partial charge in [0.2, 0.25) is 0 Å². The van der Waals surface area contributed by atoms with Crippen LogP contribution in [0.15, 0.2) is 18.2 Å². The number of benzene rings is 1. The molecule has 1 unspecified atom stereocenters. The molecular weight excluding hydrogens is 326 g/mol. The van der Waals surface area contributed by atoms with Crippen LogP contribution in [0.2, 0.25) is 0 Å². The van der Waals surface area contributed by atoms with Gasteiger partial charge in [-0.15, -0.1) is 0 Å². The van der Waals surface area contributed by atoms with E-state index in [9.17, 15) is 14.7 Å². The molecule has 0 bridgehead atoms. The van der Waals surface area contributed by atoms with Crippen molar-refractivity contribution in [3.8, 4) is 11.5 Å². The first-order valence-corrected chi connectivity index (χ1v) is 8.55. The molecule has 7 heteroatoms. The minimum Gasteiger partial charge on any atom is -0.490 e. The molecule has 0 spiro atoms. The maximum atomic E-state index is 12.5. The highest BCUT2D eigenvalue weighted by Crippen LogP contribution is 2.29. The standard InChI is InChI=1S/C18H25NO6/c1-3-5-9-25-14-7-6-13(11-15(14)24-4-2)16(20)19-18(17(21)22)8-10-23-12-18/h6-7,11H,3-5,8-10,12H2,1-2H3,(H,19,20)(H,21,22). The zero-order valence-electron chi connectivity index (χ0n) is 14.7. The Morgan fingerprint density at radius 1 is 1.28 bits per heavy atom. The molecule has 2 N–H and O–H groups in total. The molecule has 1 amide bonds. The Balaban J connectivity index is 2.16. The Labute approximate surface area is 147 Å². The van der Waals surface area contributed by atoms with Gasteiger partial charge < -0.3 is 24.6 Å². The van der Waals surface area contributed by atoms with Crippen LogP contribution in [0.5, 0.6) is 11.5 Å². The predicted octanol–water partition coefficient (Wildman–Crippen LogP) is 2.24. The number of carbonyl (C=O) groups is 2. The average Bonchev–Trinajstić information content (AvgIpc) is 3.06. The van der Waals surface area contributed by atoms with E-state index in [4.69, 9.17) is 14.2 Å². The number of carboxylic acid groups (broad SMARTS) is 1. The van der Waals surface area contributed by atoms with E-state index in [1.807, 2.05) is 6.92 Å². The summed E-state index contributed by atoms with van der Waals surface area (Å²) in [5, 5.41) is 12.0. The molecule has 0 radical (unpaired) electrons. The number of aliphatic carboxylic acids is 1. The number of nitrogens with one attached hydrogen (secondary N) is 1. The molecule has 25 heavy (non-hydrogen) atoms. The van der Waals surface area contributed by atoms with Crippen molar-refractivity contribution in [1.82, 2.24) is 5.32 Å². The molecule has 1 atom stereocenters. The van der Waals surface area contributed by atoms with Crippen molar-refractivity contribution < 1.29 is 28.9 Å². The Morgan fingerprint density at radius 3 is 2.68 bits per heavy atom. The molecule has 1 fully saturated rings. The van der Waals surface area contributed by atoms with Gasteiger partial charge >= 0.3 is 5.97 Å². The normalized spacial score (nSPS) is 19.4. The zero-order chi connectivity index (χ0) is 18.3. The van der Waals surface area contributed by atoms with Crippen LogP contribution in [0.25, 0.3) is 0 Å². The first kappa shape index (κ1) is 19.1. The van der Waals surface area contributed by atoms with E-state index in [1.165, 1.54) is 0 Å². The lowest BCUT2D eigenvalue weighted by molar-refractivity contribution is -0.144. The highest BCUT2D eigenvalue weighted by atomic mass is 16.5. The quantitative estimate of drug-likeness (QED) is 0.663. The van der Waals surface area contributed by atoms with Crippen LogP contribution < -0.4 is 14.8 Å². The molecule has 7 nitrogen and oxygen atoms in total. The molecule has 0 aromatic heterocycles. The second-order valence-electron chi connectivity index (χ2n) is 5.94. The van der Waals surface area contributed by atoms with E-state index in [0.717, 1.165) is 12.8 Å². The summed E-state index contributed by atoms with van der Waals surface area (Å²) in [4.78, 5) is 24.0. The Hall–Kier alpha value is -2.28. The second-order valence-corrected chi connectivity index (χ2v) is 5.94. The molecule has 1 aromatic carbocycles. The van der Waals surface area contributed by atoms with Crippen molar-refractivity contribution in [3.63, 3.8) is 0 Å². The minimum absolute atomic E-state index is 0.0371. The maximum absolute atomic E-state index is 12.5. The van der Waals surface area contributed by atoms with Gasteiger partial charge in [-0.2, -0.15) is 0 Å². The van der Waals surface area contributed by atoms with E-state index in [2.05, 4.69) is 12.2 Å². The number of carbonyl (C=O) groups excluding carboxylic acids is 1. The van der Waals surface area contributed by atoms with Crippen LogP contribution in [0, 0.1) is 0 Å². The average molecular weight is 351 g/mol. The second kappa shape index (κ2) is 8.71. The Bertz CT molecular complexity index is 610. The van der Waals surface area contributed by atoms with Crippen molar-refractivity contribution in [3.05, 3.63) is 23.8 Å². The molecule has 1 saturated heterocycles. The maximum Gasteiger partial charge on any atom is 0.331 e. The SMILES string of the molecule is CCCCOc1ccc(C(=O)NC2(C(=O)O)CCOC2)cc1OCC. The summed E-state index contributed by atoms with van der Waals surface area (Å²) >= 11 is 0. The lowest BCUT2D eigenvalue weighted by Gasteiger charge is -2.24. The van der Waals surface area contributed by atoms with E-state index >= 15 is 0 Å². The molecule has 1 aromatic rings. The molecule has 0 aliphatic carbocycles. The summed E-state index contributed by atoms with van der Waals surface area (Å²) in [6.45, 7) is 5.19. The lowest BCUT2D eigenvalue weighted by atomic mass is 9.98. The van der Waals surface area contributed by atoms with Crippen LogP contribution in [0.3, 0.4) is 0 Å². The lowest BCUT2D eigenvalue weighted by Crippen LogP contribution is -2.55. The molecule has 1 aliphatic rings. The molecule has 1 heterocycles. The topological polar surface area (TPSA) is 94.1 Å². The van der Waals surface area contributed by atoms with Crippen molar-refractivity contribution in [1.29, 1.82) is 0 Å². The highest BCUT2D eigenvalue weighted by molar-refractivity contribution is 5.98. The Kier molecular flexibility index (Phi) is 6.64. The molecule has 138 valence electrons. The third-order valence-corrected chi connectivity index (χ3v) is 4.05. The minimum atomic E-state index is -1.38. The van der Waals surface area contributed by atoms with Crippen molar-refractivity contribution in [2.45, 2.75) is 38.6 Å². The number of ether oxygens (including phenoxy) is 3. The van der Waals surface area contributed by atoms with Gasteiger partial charge in [0.05, 0.1) is 19.8 Å². The predicted molar refractivity (Wildman–Crippen MR) is 91.3 cm³/mol. The summed E-state index contributed by atoms with van der Waals surface area (Å²) < 4.78 is 16.4. The van der Waals surface area contributed by atoms with Gasteiger partial charge in [0.15, 0.2) is 17.0 Å². The fourth-order valence-corrected chi connectivity index (χ4v) is 2.54. The van der Waals surface area contributed by atoms with E-state index in [1.54, 1.807) is 18.2 Å². The van der Waals surface area contributed by atoms with Gasteiger partial charge in [-0.05, 0) is 31.5 Å². The molecule has 1 aliphatic heterocycles. The third kappa shape index (κ3) is 4.63. The number of unbranched alkanes of at least 4 members (excludes halogenated alkanes) is 1. The number of rotatable bonds is 9. The van der Waals surface area contributed by atoms with Crippen molar-refractivity contribution in [2.75, 3.05) is 26.4 Å². The van der Waals surface area contributed by atoms with Crippen molar-refractivity contribution >= 4 is 11.9 Å². The van der Waals surface area contributed by atoms with Crippen LogP contribution in [-0.4, -0.2) is 48.9 Å². The number of amides is 1. The van der Waals surface area contributed by atoms with Crippen molar-refractivity contribution in [2.24, 2.45) is 0 Å². The fourth-order valence-electron chi connectivity index (χ4n) is 2.54. The summed E-state index contributed by atoms with van der Waals surface area (Å²) in [6, 6.07) is 4.85. The van der Waals surface area contributed by atoms with Gasteiger partial charge in [0.25, 0.3) is 5.91 Å². The number of hydrogen-bond donors (Lipinski definition) is 2. The van der Waals surface area contributed by atoms with Gasteiger partial charge in [-0.1, -0.05) is 13.3 Å². The largest absolute Gasteiger partial charge is 0.490 e. The van der Waals surface area contributed by atoms with E-state index < -0.39 is 17.4 Å². The van der Waals surface area contributed by atoms with Gasteiger partial charge in [0.1, 0.15) is 0 Å². The number of hydrogen-bond acceptors (Lipinski definition) is 5. The highest BCUT2D eigenvalue weighted by Gasteiger charge is 2.44. The first-order valence-electron chi connectivity index (χ1n) is 8.55. The van der Waals surface area contributed by atoms with Crippen LogP contribution in [-0.2, 0) is 9.53 Å². The molecule has 0 saturated carbocycles. The van der Waals surface area contributed by atoms with Crippen LogP contribution in [0.1, 0.15) is 43.5 Å². The van der Waals surface area contributed by atoms with Crippen LogP contribution >= 0.6 is 0 Å². The monoisotopic (exact) mass is 351 g/mol. The molecule has 2 rings (SSSR count). The van der Waals surface area contributed by atoms with Gasteiger partial charge in [-0.25, -0.2) is 4.79 Å². The third-order valence-electron chi connectivity index (χ3n) is 4.05. The summed E-state index contributed by atoms with van der Waals surface area (Å²) in [5.41, 5.74) is -1.06. The van der Waals surface area contributed by atoms with Gasteiger partial charge in [-0.3, -0.25) is 4.79 Å². The fraction of sp³-hybridized carbons (Fsp3) is 0.556. The zero-order valence-corrected chi connectivity index (χ0v) is 14.7. The summed E-state index contributed by atoms with van der Waals surface area (Å²) in [7, 11) is 0. The summed E-state index contributed by atoms with van der Waals surface area (Å²) in [5.74, 6) is -0.529. The smallest absolute Gasteiger partial charge is 0.331 e. The van der Waals surface area contributed by atoms with Crippen LogP contribution in [0.4, 0.5) is 0 Å².